The molecule has 0 aliphatic carbocycles. The zero-order valence-electron chi connectivity index (χ0n) is 10.3. The second-order valence-electron chi connectivity index (χ2n) is 4.78. The Morgan fingerprint density at radius 2 is 2.00 bits per heavy atom. The first-order valence-electron chi connectivity index (χ1n) is 4.92. The number of ether oxygens (including phenoxy) is 1. The first-order chi connectivity index (χ1) is 6.79. The van der Waals surface area contributed by atoms with E-state index in [2.05, 4.69) is 19.4 Å². The molecule has 0 fully saturated rings. The van der Waals surface area contributed by atoms with Crippen LogP contribution in [-0.4, -0.2) is 36.0 Å². The van der Waals surface area contributed by atoms with E-state index in [0.29, 0.717) is 5.69 Å². The van der Waals surface area contributed by atoms with Crippen LogP contribution in [0.2, 0.25) is 14.8 Å². The Balaban J connectivity index is 3.43. The van der Waals surface area contributed by atoms with Crippen LogP contribution in [0.15, 0.2) is 6.33 Å². The molecule has 0 aliphatic rings. The molecule has 1 aromatic rings. The van der Waals surface area contributed by atoms with Crippen LogP contribution in [0.1, 0.15) is 10.5 Å². The van der Waals surface area contributed by atoms with Gasteiger partial charge >= 0.3 is 94.8 Å². The number of aryl methyl sites for hydroxylation is 2. The number of methoxy groups -OCH3 is 1. The first-order valence-corrected chi connectivity index (χ1v) is 14.9. The Bertz CT molecular complexity index is 391. The molecule has 0 atom stereocenters. The van der Waals surface area contributed by atoms with Gasteiger partial charge in [-0.3, -0.25) is 0 Å². The number of carbonyl (C=O) groups excluding carboxylic acids is 1. The van der Waals surface area contributed by atoms with E-state index < -0.39 is 18.4 Å². The van der Waals surface area contributed by atoms with Gasteiger partial charge < -0.3 is 0 Å². The van der Waals surface area contributed by atoms with Crippen molar-refractivity contribution in [2.24, 2.45) is 14.1 Å². The van der Waals surface area contributed by atoms with Gasteiger partial charge in [0, 0.05) is 0 Å². The maximum absolute atomic E-state index is 11.7. The molecule has 1 heterocycles. The second-order valence-corrected chi connectivity index (χ2v) is 19.0. The van der Waals surface area contributed by atoms with E-state index in [-0.39, 0.29) is 5.97 Å². The monoisotopic (exact) mass is 319 g/mol. The Morgan fingerprint density at radius 1 is 1.47 bits per heavy atom. The van der Waals surface area contributed by atoms with Gasteiger partial charge in [0.15, 0.2) is 0 Å². The zero-order valence-corrected chi connectivity index (χ0v) is 13.1. The van der Waals surface area contributed by atoms with Gasteiger partial charge in [-0.2, -0.15) is 0 Å². The molecule has 0 saturated heterocycles. The molecule has 0 unspecified atom stereocenters. The molecule has 0 radical (unpaired) electrons. The van der Waals surface area contributed by atoms with Crippen LogP contribution in [0.25, 0.3) is 0 Å². The Morgan fingerprint density at radius 3 is 2.40 bits per heavy atom. The number of aromatic nitrogens is 2. The van der Waals surface area contributed by atoms with Gasteiger partial charge in [0.05, 0.1) is 0 Å². The zero-order chi connectivity index (χ0) is 11.8. The fourth-order valence-electron chi connectivity index (χ4n) is 1.93. The van der Waals surface area contributed by atoms with Crippen LogP contribution >= 0.6 is 0 Å². The first kappa shape index (κ1) is 12.5. The van der Waals surface area contributed by atoms with Crippen molar-refractivity contribution in [3.63, 3.8) is 0 Å². The third kappa shape index (κ3) is 2.35. The number of nitrogens with zero attached hydrogens (tertiary/aromatic N) is 2. The van der Waals surface area contributed by atoms with Gasteiger partial charge in [-0.05, 0) is 0 Å². The molecule has 15 heavy (non-hydrogen) atoms. The molecule has 5 heteroatoms. The van der Waals surface area contributed by atoms with Crippen molar-refractivity contribution in [1.82, 2.24) is 4.57 Å². The minimum atomic E-state index is -2.28. The van der Waals surface area contributed by atoms with E-state index in [9.17, 15) is 4.79 Å². The normalized spacial score (nSPS) is 11.6. The van der Waals surface area contributed by atoms with Gasteiger partial charge in [-0.15, -0.1) is 0 Å². The number of imidazole rings is 1. The van der Waals surface area contributed by atoms with E-state index in [1.165, 1.54) is 10.8 Å². The molecule has 0 aliphatic heterocycles. The van der Waals surface area contributed by atoms with Crippen molar-refractivity contribution in [3.05, 3.63) is 12.0 Å². The summed E-state index contributed by atoms with van der Waals surface area (Å²) in [5.74, 6) is -0.236. The number of rotatable bonds is 2. The summed E-state index contributed by atoms with van der Waals surface area (Å²) in [6, 6.07) is 0. The summed E-state index contributed by atoms with van der Waals surface area (Å²) in [6.07, 6.45) is 1.93. The van der Waals surface area contributed by atoms with Crippen molar-refractivity contribution >= 4 is 28.1 Å². The average molecular weight is 318 g/mol. The summed E-state index contributed by atoms with van der Waals surface area (Å²) in [5, 5.41) is 0. The van der Waals surface area contributed by atoms with Crippen molar-refractivity contribution in [2.75, 3.05) is 7.11 Å². The number of esters is 1. The molecule has 4 nitrogen and oxygen atoms in total. The van der Waals surface area contributed by atoms with Crippen molar-refractivity contribution in [3.8, 4) is 0 Å². The topological polar surface area (TPSA) is 35.1 Å². The Labute approximate surface area is 94.7 Å². The summed E-state index contributed by atoms with van der Waals surface area (Å²) < 4.78 is 9.93. The number of hydrogen-bond acceptors (Lipinski definition) is 2. The Hall–Kier alpha value is -0.521. The molecule has 1 aromatic heterocycles. The number of carbonyl (C=O) groups is 1. The fraction of sp³-hybridized carbons (Fsp3) is 0.600. The molecule has 0 saturated carbocycles. The standard InChI is InChI=1S/C7H10N2O2.3CH3.Sn/c1-8-4-6(7(10)11-3)9(2)5-8;;;;/h5H,1-3H3;3*1H3;/q+1;;;;. The summed E-state index contributed by atoms with van der Waals surface area (Å²) in [6.45, 7) is 0. The van der Waals surface area contributed by atoms with E-state index in [1.54, 1.807) is 0 Å². The van der Waals surface area contributed by atoms with Crippen LogP contribution in [0, 0.1) is 0 Å². The predicted molar refractivity (Wildman–Crippen MR) is 60.9 cm³/mol. The molecule has 0 amide bonds. The predicted octanol–water partition coefficient (Wildman–Crippen LogP) is 0.181. The maximum atomic E-state index is 11.7. The molecule has 0 bridgehead atoms. The quantitative estimate of drug-likeness (QED) is 0.443. The van der Waals surface area contributed by atoms with E-state index >= 15 is 0 Å². The van der Waals surface area contributed by atoms with Crippen LogP contribution in [-0.2, 0) is 18.8 Å². The molecule has 0 aromatic carbocycles. The molecular weight excluding hydrogens is 299 g/mol. The molecule has 0 N–H and O–H groups in total. The van der Waals surface area contributed by atoms with Crippen molar-refractivity contribution in [1.29, 1.82) is 0 Å². The molecule has 0 spiro atoms. The number of hydrogen-bond donors (Lipinski definition) is 0. The minimum absolute atomic E-state index is 0.236. The Kier molecular flexibility index (Phi) is 3.47. The van der Waals surface area contributed by atoms with E-state index in [1.807, 2.05) is 25.0 Å². The second kappa shape index (κ2) is 4.15. The van der Waals surface area contributed by atoms with Gasteiger partial charge in [-0.25, -0.2) is 0 Å². The fourth-order valence-corrected chi connectivity index (χ4v) is 7.94. The van der Waals surface area contributed by atoms with Crippen LogP contribution in [0.5, 0.6) is 0 Å². The molecule has 1 rings (SSSR count). The van der Waals surface area contributed by atoms with Crippen LogP contribution < -0.4 is 8.28 Å². The molecule has 84 valence electrons. The van der Waals surface area contributed by atoms with Gasteiger partial charge in [0.25, 0.3) is 0 Å². The summed E-state index contributed by atoms with van der Waals surface area (Å²) in [4.78, 5) is 18.6. The van der Waals surface area contributed by atoms with Gasteiger partial charge in [0.2, 0.25) is 0 Å². The van der Waals surface area contributed by atoms with Gasteiger partial charge in [0.1, 0.15) is 0 Å². The summed E-state index contributed by atoms with van der Waals surface area (Å²) >= 11 is -2.28. The third-order valence-electron chi connectivity index (χ3n) is 2.37. The van der Waals surface area contributed by atoms with Crippen molar-refractivity contribution in [2.45, 2.75) is 14.8 Å². The summed E-state index contributed by atoms with van der Waals surface area (Å²) in [5.41, 5.74) is 0.711. The molecular formula is C10H19N2O2Sn+. The summed E-state index contributed by atoms with van der Waals surface area (Å²) in [7, 11) is 5.30. The van der Waals surface area contributed by atoms with Crippen LogP contribution in [0.3, 0.4) is 0 Å². The van der Waals surface area contributed by atoms with Gasteiger partial charge in [-0.1, -0.05) is 0 Å². The average Bonchev–Trinajstić information content (AvgIpc) is 2.38. The third-order valence-corrected chi connectivity index (χ3v) is 8.10. The van der Waals surface area contributed by atoms with Crippen molar-refractivity contribution < 1.29 is 14.1 Å². The van der Waals surface area contributed by atoms with E-state index in [4.69, 9.17) is 4.74 Å². The van der Waals surface area contributed by atoms with Crippen LogP contribution in [0.4, 0.5) is 0 Å². The van der Waals surface area contributed by atoms with E-state index in [0.717, 1.165) is 0 Å². The SMILES string of the molecule is COC(=O)c1[c]([Sn]([CH3])([CH3])[CH3])n(C)c[n+]1C.